The van der Waals surface area contributed by atoms with Crippen molar-refractivity contribution >= 4 is 39.5 Å². The van der Waals surface area contributed by atoms with Gasteiger partial charge in [0.2, 0.25) is 0 Å². The summed E-state index contributed by atoms with van der Waals surface area (Å²) < 4.78 is 68.5. The highest BCUT2D eigenvalue weighted by Gasteiger charge is 2.30. The van der Waals surface area contributed by atoms with Gasteiger partial charge >= 0.3 is 39.5 Å². The van der Waals surface area contributed by atoms with Crippen LogP contribution < -0.4 is 0 Å². The maximum absolute atomic E-state index is 13.1. The number of allylic oxidation sites excluding steroid dienone is 12. The Bertz CT molecular complexity index is 2140. The van der Waals surface area contributed by atoms with Crippen LogP contribution in [-0.2, 0) is 65.4 Å². The highest BCUT2D eigenvalue weighted by molar-refractivity contribution is 7.47. The zero-order valence-electron chi connectivity index (χ0n) is 62.2. The minimum Gasteiger partial charge on any atom is -0.462 e. The maximum Gasteiger partial charge on any atom is 0.472 e. The van der Waals surface area contributed by atoms with Crippen LogP contribution in [0.1, 0.15) is 349 Å². The van der Waals surface area contributed by atoms with E-state index in [-0.39, 0.29) is 25.7 Å². The van der Waals surface area contributed by atoms with Crippen molar-refractivity contribution in [2.24, 2.45) is 0 Å². The maximum atomic E-state index is 13.1. The lowest BCUT2D eigenvalue weighted by molar-refractivity contribution is -0.161. The Morgan fingerprint density at radius 3 is 0.847 bits per heavy atom. The third-order valence-electron chi connectivity index (χ3n) is 16.7. The number of esters is 4. The van der Waals surface area contributed by atoms with Gasteiger partial charge in [-0.05, 0) is 96.3 Å². The predicted molar refractivity (Wildman–Crippen MR) is 400 cm³/mol. The molecule has 0 saturated heterocycles. The number of carbonyl (C=O) groups excluding carboxylic acids is 4. The number of hydrogen-bond donors (Lipinski definition) is 3. The minimum absolute atomic E-state index is 0.0923. The van der Waals surface area contributed by atoms with Gasteiger partial charge in [0.15, 0.2) is 12.2 Å². The van der Waals surface area contributed by atoms with Crippen LogP contribution in [0, 0.1) is 0 Å². The minimum atomic E-state index is -4.98. The van der Waals surface area contributed by atoms with Crippen LogP contribution in [0.25, 0.3) is 0 Å². The second kappa shape index (κ2) is 71.9. The SMILES string of the molecule is CC/C=C\C/C=C\C/C=C\C/C=C\C/C=C\CCCCCC(=O)OCC(COP(=O)(O)OCC(O)COP(=O)(O)OCC(COC(=O)CCCCCCC/C=C\CCCCCC)OC(=O)CCCCCCCCCCCCCCC)OC(=O)CCCCCCCCCCCCCCC. The molecule has 0 fully saturated rings. The van der Waals surface area contributed by atoms with Crippen molar-refractivity contribution in [2.75, 3.05) is 39.6 Å². The molecular formula is C79H142O17P2. The molecule has 98 heavy (non-hydrogen) atoms. The molecule has 0 bridgehead atoms. The Morgan fingerprint density at radius 2 is 0.531 bits per heavy atom. The largest absolute Gasteiger partial charge is 0.472 e. The molecule has 19 heteroatoms. The Kier molecular flexibility index (Phi) is 69.3. The molecule has 0 amide bonds. The van der Waals surface area contributed by atoms with Crippen LogP contribution in [0.2, 0.25) is 0 Å². The van der Waals surface area contributed by atoms with Gasteiger partial charge in [-0.15, -0.1) is 0 Å². The fourth-order valence-electron chi connectivity index (χ4n) is 10.7. The summed E-state index contributed by atoms with van der Waals surface area (Å²) >= 11 is 0. The molecule has 5 atom stereocenters. The molecule has 570 valence electrons. The quantitative estimate of drug-likeness (QED) is 0.0169. The standard InChI is InChI=1S/C79H142O17P2/c1-5-9-13-17-21-25-29-33-34-35-36-37-38-42-44-48-52-56-60-64-77(82)90-70-75(96-79(84)66-62-58-54-50-46-41-32-28-24-20-16-12-8-4)72-94-98(87,88)92-68-73(80)67-91-97(85,86)93-71-74(95-78(83)65-61-57-53-49-45-40-31-27-23-19-15-11-7-3)69-89-76(81)63-59-55-51-47-43-39-30-26-22-18-14-10-6-2/h9,13,21,25-26,30,33-34,36-37,42,44,73-75,80H,5-8,10-12,14-20,22-24,27-29,31-32,35,38-41,43,45-72H2,1-4H3,(H,85,86)(H,87,88)/b13-9-,25-21-,30-26-,34-33-,37-36-,44-42-. The van der Waals surface area contributed by atoms with Gasteiger partial charge in [-0.1, -0.05) is 300 Å². The lowest BCUT2D eigenvalue weighted by atomic mass is 10.0. The summed E-state index contributed by atoms with van der Waals surface area (Å²) in [6.07, 6.45) is 71.7. The molecule has 0 saturated carbocycles. The number of unbranched alkanes of at least 4 members (excludes halogenated alkanes) is 36. The van der Waals surface area contributed by atoms with Crippen LogP contribution in [0.5, 0.6) is 0 Å². The number of aliphatic hydroxyl groups excluding tert-OH is 1. The smallest absolute Gasteiger partial charge is 0.462 e. The van der Waals surface area contributed by atoms with Gasteiger partial charge in [0.1, 0.15) is 19.3 Å². The number of phosphoric acid groups is 2. The fourth-order valence-corrected chi connectivity index (χ4v) is 12.3. The first-order valence-electron chi connectivity index (χ1n) is 39.2. The van der Waals surface area contributed by atoms with E-state index in [9.17, 15) is 43.2 Å². The molecule has 0 radical (unpaired) electrons. The monoisotopic (exact) mass is 1420 g/mol. The molecule has 0 aromatic carbocycles. The van der Waals surface area contributed by atoms with Crippen molar-refractivity contribution in [1.82, 2.24) is 0 Å². The summed E-state index contributed by atoms with van der Waals surface area (Å²) in [7, 11) is -9.94. The van der Waals surface area contributed by atoms with Crippen LogP contribution in [0.3, 0.4) is 0 Å². The van der Waals surface area contributed by atoms with Crippen molar-refractivity contribution < 1.29 is 80.2 Å². The topological polar surface area (TPSA) is 237 Å². The third kappa shape index (κ3) is 70.9. The van der Waals surface area contributed by atoms with Gasteiger partial charge in [0.25, 0.3) is 0 Å². The molecule has 0 aliphatic heterocycles. The molecule has 0 aliphatic rings. The van der Waals surface area contributed by atoms with Crippen molar-refractivity contribution in [3.8, 4) is 0 Å². The zero-order valence-corrected chi connectivity index (χ0v) is 64.0. The lowest BCUT2D eigenvalue weighted by Gasteiger charge is -2.21. The van der Waals surface area contributed by atoms with Gasteiger partial charge in [-0.2, -0.15) is 0 Å². The average molecular weight is 1430 g/mol. The average Bonchev–Trinajstić information content (AvgIpc) is 0.966. The summed E-state index contributed by atoms with van der Waals surface area (Å²) in [5.41, 5.74) is 0. The summed E-state index contributed by atoms with van der Waals surface area (Å²) in [4.78, 5) is 72.9. The van der Waals surface area contributed by atoms with Crippen LogP contribution in [-0.4, -0.2) is 96.7 Å². The second-order valence-electron chi connectivity index (χ2n) is 26.3. The number of aliphatic hydroxyl groups is 1. The number of hydrogen-bond acceptors (Lipinski definition) is 15. The summed E-state index contributed by atoms with van der Waals surface area (Å²) in [6.45, 7) is 4.75. The van der Waals surface area contributed by atoms with Crippen LogP contribution in [0.4, 0.5) is 0 Å². The number of ether oxygens (including phenoxy) is 4. The number of phosphoric ester groups is 2. The first kappa shape index (κ1) is 94.5. The van der Waals surface area contributed by atoms with Gasteiger partial charge in [-0.25, -0.2) is 9.13 Å². The Labute approximate surface area is 596 Å². The highest BCUT2D eigenvalue weighted by Crippen LogP contribution is 2.45. The van der Waals surface area contributed by atoms with Gasteiger partial charge < -0.3 is 33.8 Å². The van der Waals surface area contributed by atoms with E-state index in [1.165, 1.54) is 128 Å². The van der Waals surface area contributed by atoms with E-state index >= 15 is 0 Å². The molecule has 0 spiro atoms. The molecule has 5 unspecified atom stereocenters. The third-order valence-corrected chi connectivity index (χ3v) is 18.6. The second-order valence-corrected chi connectivity index (χ2v) is 29.2. The predicted octanol–water partition coefficient (Wildman–Crippen LogP) is 22.4. The van der Waals surface area contributed by atoms with Crippen molar-refractivity contribution in [3.63, 3.8) is 0 Å². The van der Waals surface area contributed by atoms with Crippen LogP contribution >= 0.6 is 15.6 Å². The van der Waals surface area contributed by atoms with Crippen molar-refractivity contribution in [1.29, 1.82) is 0 Å². The van der Waals surface area contributed by atoms with Crippen molar-refractivity contribution in [2.45, 2.75) is 367 Å². The van der Waals surface area contributed by atoms with E-state index in [1.54, 1.807) is 0 Å². The van der Waals surface area contributed by atoms with Gasteiger partial charge in [0.05, 0.1) is 26.4 Å². The first-order chi connectivity index (χ1) is 47.7. The summed E-state index contributed by atoms with van der Waals surface area (Å²) in [5.74, 6) is -2.19. The summed E-state index contributed by atoms with van der Waals surface area (Å²) in [6, 6.07) is 0. The Hall–Kier alpha value is -3.50. The lowest BCUT2D eigenvalue weighted by Crippen LogP contribution is -2.30. The van der Waals surface area contributed by atoms with Gasteiger partial charge in [-0.3, -0.25) is 37.3 Å². The van der Waals surface area contributed by atoms with Crippen LogP contribution in [0.15, 0.2) is 72.9 Å². The van der Waals surface area contributed by atoms with E-state index < -0.39 is 97.5 Å². The molecule has 0 aromatic heterocycles. The Balaban J connectivity index is 5.33. The molecule has 3 N–H and O–H groups in total. The summed E-state index contributed by atoms with van der Waals surface area (Å²) in [5, 5.41) is 10.6. The zero-order chi connectivity index (χ0) is 71.8. The molecule has 0 aliphatic carbocycles. The number of rotatable bonds is 74. The van der Waals surface area contributed by atoms with E-state index in [2.05, 4.69) is 101 Å². The van der Waals surface area contributed by atoms with E-state index in [4.69, 9.17) is 37.0 Å². The van der Waals surface area contributed by atoms with E-state index in [0.717, 1.165) is 141 Å². The molecule has 17 nitrogen and oxygen atoms in total. The molecule has 0 rings (SSSR count). The van der Waals surface area contributed by atoms with Crippen molar-refractivity contribution in [3.05, 3.63) is 72.9 Å². The highest BCUT2D eigenvalue weighted by atomic mass is 31.2. The first-order valence-corrected chi connectivity index (χ1v) is 42.2. The van der Waals surface area contributed by atoms with E-state index in [1.807, 2.05) is 0 Å². The molecular weight excluding hydrogens is 1280 g/mol. The molecule has 0 heterocycles. The fraction of sp³-hybridized carbons (Fsp3) is 0.797. The van der Waals surface area contributed by atoms with Gasteiger partial charge in [0, 0.05) is 25.7 Å². The number of carbonyl (C=O) groups is 4. The van der Waals surface area contributed by atoms with E-state index in [0.29, 0.717) is 25.7 Å². The normalized spacial score (nSPS) is 14.3. The molecule has 0 aromatic rings. The Morgan fingerprint density at radius 1 is 0.296 bits per heavy atom.